The Bertz CT molecular complexity index is 597. The monoisotopic (exact) mass is 310 g/mol. The first-order valence-corrected chi connectivity index (χ1v) is 7.38. The Balaban J connectivity index is 2.23. The van der Waals surface area contributed by atoms with Crippen molar-refractivity contribution in [1.82, 2.24) is 20.1 Å². The van der Waals surface area contributed by atoms with Gasteiger partial charge in [0.2, 0.25) is 0 Å². The van der Waals surface area contributed by atoms with Gasteiger partial charge in [0, 0.05) is 29.6 Å². The van der Waals surface area contributed by atoms with Gasteiger partial charge in [0.15, 0.2) is 0 Å². The van der Waals surface area contributed by atoms with Gasteiger partial charge in [0.1, 0.15) is 18.0 Å². The molecule has 0 bridgehead atoms. The van der Waals surface area contributed by atoms with E-state index in [1.165, 1.54) is 6.07 Å². The number of halogens is 2. The molecule has 0 aliphatic carbocycles. The van der Waals surface area contributed by atoms with Crippen LogP contribution in [-0.4, -0.2) is 21.8 Å². The van der Waals surface area contributed by atoms with E-state index in [1.54, 1.807) is 25.5 Å². The van der Waals surface area contributed by atoms with E-state index in [0.717, 1.165) is 12.4 Å². The fourth-order valence-electron chi connectivity index (χ4n) is 2.28. The van der Waals surface area contributed by atoms with Gasteiger partial charge in [-0.3, -0.25) is 0 Å². The van der Waals surface area contributed by atoms with Gasteiger partial charge in [-0.15, -0.1) is 0 Å². The summed E-state index contributed by atoms with van der Waals surface area (Å²) in [6.07, 6.45) is 2.10. The topological polar surface area (TPSA) is 42.7 Å². The lowest BCUT2D eigenvalue weighted by Gasteiger charge is -2.18. The summed E-state index contributed by atoms with van der Waals surface area (Å²) in [5.74, 6) is 1.04. The molecule has 0 fully saturated rings. The van der Waals surface area contributed by atoms with Crippen molar-refractivity contribution in [2.24, 2.45) is 5.92 Å². The van der Waals surface area contributed by atoms with Gasteiger partial charge in [-0.25, -0.2) is 14.1 Å². The molecule has 4 nitrogen and oxygen atoms in total. The summed E-state index contributed by atoms with van der Waals surface area (Å²) in [5, 5.41) is 7.88. The largest absolute Gasteiger partial charge is 0.313 e. The maximum atomic E-state index is 14.0. The van der Waals surface area contributed by atoms with E-state index in [0.29, 0.717) is 22.9 Å². The summed E-state index contributed by atoms with van der Waals surface area (Å²) >= 11 is 5.97. The third-order valence-electron chi connectivity index (χ3n) is 3.30. The van der Waals surface area contributed by atoms with Crippen LogP contribution >= 0.6 is 11.6 Å². The predicted octanol–water partition coefficient (Wildman–Crippen LogP) is 3.23. The molecule has 1 aromatic heterocycles. The molecular formula is C15H20ClFN4. The van der Waals surface area contributed by atoms with Crippen LogP contribution in [0.2, 0.25) is 5.02 Å². The third-order valence-corrected chi connectivity index (χ3v) is 3.54. The fourth-order valence-corrected chi connectivity index (χ4v) is 2.46. The van der Waals surface area contributed by atoms with Gasteiger partial charge in [0.25, 0.3) is 0 Å². The second kappa shape index (κ2) is 7.00. The smallest absolute Gasteiger partial charge is 0.138 e. The van der Waals surface area contributed by atoms with E-state index in [9.17, 15) is 4.39 Å². The molecule has 0 aliphatic heterocycles. The number of aromatic nitrogens is 3. The van der Waals surface area contributed by atoms with E-state index in [2.05, 4.69) is 29.2 Å². The first-order valence-electron chi connectivity index (χ1n) is 7.00. The number of nitrogens with one attached hydrogen (secondary N) is 1. The molecule has 0 saturated carbocycles. The van der Waals surface area contributed by atoms with E-state index in [1.807, 2.05) is 4.68 Å². The standard InChI is InChI=1S/C15H20ClFN4/c1-10(2)8-21-15(19-9-20-21)7-14(18-3)12-6-11(16)4-5-13(12)17/h4-6,9-10,14,18H,7-8H2,1-3H3. The highest BCUT2D eigenvalue weighted by atomic mass is 35.5. The molecule has 0 saturated heterocycles. The van der Waals surface area contributed by atoms with Gasteiger partial charge in [-0.2, -0.15) is 5.10 Å². The Kier molecular flexibility index (Phi) is 5.31. The van der Waals surface area contributed by atoms with Crippen molar-refractivity contribution in [2.45, 2.75) is 32.9 Å². The molecule has 21 heavy (non-hydrogen) atoms. The van der Waals surface area contributed by atoms with Crippen molar-refractivity contribution < 1.29 is 4.39 Å². The Morgan fingerprint density at radius 2 is 2.14 bits per heavy atom. The second-order valence-electron chi connectivity index (χ2n) is 5.46. The zero-order chi connectivity index (χ0) is 15.4. The van der Waals surface area contributed by atoms with Gasteiger partial charge >= 0.3 is 0 Å². The summed E-state index contributed by atoms with van der Waals surface area (Å²) in [5.41, 5.74) is 0.545. The lowest BCUT2D eigenvalue weighted by Crippen LogP contribution is -2.23. The Hall–Kier alpha value is -1.46. The quantitative estimate of drug-likeness (QED) is 0.891. The summed E-state index contributed by atoms with van der Waals surface area (Å²) in [4.78, 5) is 4.29. The number of benzene rings is 1. The maximum Gasteiger partial charge on any atom is 0.138 e. The third kappa shape index (κ3) is 4.02. The highest BCUT2D eigenvalue weighted by Crippen LogP contribution is 2.23. The zero-order valence-electron chi connectivity index (χ0n) is 12.5. The van der Waals surface area contributed by atoms with Crippen LogP contribution in [0.15, 0.2) is 24.5 Å². The van der Waals surface area contributed by atoms with Crippen LogP contribution in [0.25, 0.3) is 0 Å². The number of nitrogens with zero attached hydrogens (tertiary/aromatic N) is 3. The molecule has 0 spiro atoms. The Morgan fingerprint density at radius 3 is 2.81 bits per heavy atom. The van der Waals surface area contributed by atoms with Gasteiger partial charge in [-0.1, -0.05) is 25.4 Å². The van der Waals surface area contributed by atoms with E-state index < -0.39 is 0 Å². The highest BCUT2D eigenvalue weighted by molar-refractivity contribution is 6.30. The van der Waals surface area contributed by atoms with Crippen molar-refractivity contribution in [3.8, 4) is 0 Å². The van der Waals surface area contributed by atoms with Crippen LogP contribution in [0.3, 0.4) is 0 Å². The van der Waals surface area contributed by atoms with Crippen LogP contribution in [-0.2, 0) is 13.0 Å². The number of hydrogen-bond acceptors (Lipinski definition) is 3. The molecule has 0 radical (unpaired) electrons. The predicted molar refractivity (Wildman–Crippen MR) is 81.8 cm³/mol. The molecule has 2 rings (SSSR count). The summed E-state index contributed by atoms with van der Waals surface area (Å²) in [6.45, 7) is 5.04. The van der Waals surface area contributed by atoms with Crippen molar-refractivity contribution >= 4 is 11.6 Å². The van der Waals surface area contributed by atoms with Crippen molar-refractivity contribution in [1.29, 1.82) is 0 Å². The molecule has 1 unspecified atom stereocenters. The molecule has 0 amide bonds. The van der Waals surface area contributed by atoms with E-state index in [-0.39, 0.29) is 11.9 Å². The van der Waals surface area contributed by atoms with Gasteiger partial charge in [-0.05, 0) is 31.2 Å². The van der Waals surface area contributed by atoms with Crippen LogP contribution < -0.4 is 5.32 Å². The molecule has 1 atom stereocenters. The molecule has 1 heterocycles. The van der Waals surface area contributed by atoms with Crippen molar-refractivity contribution in [2.75, 3.05) is 7.05 Å². The van der Waals surface area contributed by atoms with E-state index in [4.69, 9.17) is 11.6 Å². The zero-order valence-corrected chi connectivity index (χ0v) is 13.2. The number of likely N-dealkylation sites (N-methyl/N-ethyl adjacent to an activating group) is 1. The van der Waals surface area contributed by atoms with Crippen molar-refractivity contribution in [3.63, 3.8) is 0 Å². The summed E-state index contributed by atoms with van der Waals surface area (Å²) in [7, 11) is 1.80. The minimum absolute atomic E-state index is 0.196. The van der Waals surface area contributed by atoms with Gasteiger partial charge < -0.3 is 5.32 Å². The lowest BCUT2D eigenvalue weighted by molar-refractivity contribution is 0.447. The molecule has 2 aromatic rings. The van der Waals surface area contributed by atoms with Crippen LogP contribution in [0.1, 0.15) is 31.3 Å². The normalized spacial score (nSPS) is 12.9. The summed E-state index contributed by atoms with van der Waals surface area (Å²) in [6, 6.07) is 4.40. The molecule has 114 valence electrons. The highest BCUT2D eigenvalue weighted by Gasteiger charge is 2.18. The Morgan fingerprint density at radius 1 is 1.38 bits per heavy atom. The molecular weight excluding hydrogens is 291 g/mol. The lowest BCUT2D eigenvalue weighted by atomic mass is 10.0. The van der Waals surface area contributed by atoms with Crippen LogP contribution in [0.4, 0.5) is 4.39 Å². The Labute approximate surface area is 129 Å². The SMILES string of the molecule is CNC(Cc1ncnn1CC(C)C)c1cc(Cl)ccc1F. The van der Waals surface area contributed by atoms with Crippen LogP contribution in [0, 0.1) is 11.7 Å². The van der Waals surface area contributed by atoms with Gasteiger partial charge in [0.05, 0.1) is 0 Å². The number of rotatable bonds is 6. The molecule has 1 N–H and O–H groups in total. The minimum atomic E-state index is -0.270. The summed E-state index contributed by atoms with van der Waals surface area (Å²) < 4.78 is 15.9. The first-order chi connectivity index (χ1) is 10.0. The van der Waals surface area contributed by atoms with Crippen LogP contribution in [0.5, 0.6) is 0 Å². The molecule has 0 aliphatic rings. The number of hydrogen-bond donors (Lipinski definition) is 1. The minimum Gasteiger partial charge on any atom is -0.313 e. The maximum absolute atomic E-state index is 14.0. The fraction of sp³-hybridized carbons (Fsp3) is 0.467. The average molecular weight is 311 g/mol. The average Bonchev–Trinajstić information content (AvgIpc) is 2.85. The van der Waals surface area contributed by atoms with E-state index >= 15 is 0 Å². The molecule has 1 aromatic carbocycles. The first kappa shape index (κ1) is 15.9. The molecule has 6 heteroatoms. The second-order valence-corrected chi connectivity index (χ2v) is 5.90. The van der Waals surface area contributed by atoms with Crippen molar-refractivity contribution in [3.05, 3.63) is 46.8 Å².